The van der Waals surface area contributed by atoms with Gasteiger partial charge in [0.1, 0.15) is 12.6 Å². The minimum atomic E-state index is -0.513. The lowest BCUT2D eigenvalue weighted by Crippen LogP contribution is -2.43. The molecule has 26 heavy (non-hydrogen) atoms. The minimum absolute atomic E-state index is 0.00762. The van der Waals surface area contributed by atoms with Crippen molar-refractivity contribution in [2.45, 2.75) is 25.5 Å². The number of likely N-dealkylation sites (tertiary alicyclic amines) is 1. The molecule has 3 heterocycles. The Kier molecular flexibility index (Phi) is 4.39. The minimum Gasteiger partial charge on any atom is -0.473 e. The molecule has 8 heteroatoms. The van der Waals surface area contributed by atoms with Crippen molar-refractivity contribution in [1.82, 2.24) is 19.7 Å². The Morgan fingerprint density at radius 2 is 2.00 bits per heavy atom. The van der Waals surface area contributed by atoms with Crippen LogP contribution in [0.2, 0.25) is 0 Å². The van der Waals surface area contributed by atoms with E-state index >= 15 is 0 Å². The molecule has 0 saturated carbocycles. The smallest absolute Gasteiger partial charge is 0.420 e. The maximum absolute atomic E-state index is 12.6. The fraction of sp³-hybridized carbons (Fsp3) is 0.333. The first-order valence-electron chi connectivity index (χ1n) is 8.51. The molecular formula is C18H18N4O4. The second kappa shape index (κ2) is 6.99. The molecule has 3 aromatic rings. The number of carbonyl (C=O) groups excluding carboxylic acids is 1. The van der Waals surface area contributed by atoms with Crippen molar-refractivity contribution in [3.8, 4) is 5.88 Å². The average molecular weight is 354 g/mol. The molecule has 1 fully saturated rings. The third kappa shape index (κ3) is 3.30. The standard InChI is InChI=1S/C18H18N4O4/c23-17(12-22-14-4-1-2-5-15(14)26-18(22)24)21-10-7-13(8-11-21)25-16-6-3-9-19-20-16/h1-6,9,13H,7-8,10-12H2. The lowest BCUT2D eigenvalue weighted by molar-refractivity contribution is -0.133. The van der Waals surface area contributed by atoms with Crippen molar-refractivity contribution in [2.24, 2.45) is 0 Å². The van der Waals surface area contributed by atoms with Gasteiger partial charge in [-0.15, -0.1) is 5.10 Å². The molecule has 0 spiro atoms. The molecule has 1 saturated heterocycles. The van der Waals surface area contributed by atoms with E-state index in [1.807, 2.05) is 6.07 Å². The number of ether oxygens (including phenoxy) is 1. The number of fused-ring (bicyclic) bond motifs is 1. The average Bonchev–Trinajstić information content (AvgIpc) is 2.98. The second-order valence-electron chi connectivity index (χ2n) is 6.18. The van der Waals surface area contributed by atoms with E-state index in [-0.39, 0.29) is 18.6 Å². The number of carbonyl (C=O) groups is 1. The fourth-order valence-electron chi connectivity index (χ4n) is 3.14. The van der Waals surface area contributed by atoms with Crippen LogP contribution in [0, 0.1) is 0 Å². The molecule has 1 aliphatic heterocycles. The number of nitrogens with zero attached hydrogens (tertiary/aromatic N) is 4. The first-order valence-corrected chi connectivity index (χ1v) is 8.51. The molecule has 0 N–H and O–H groups in total. The number of benzene rings is 1. The highest BCUT2D eigenvalue weighted by Crippen LogP contribution is 2.17. The molecule has 2 aromatic heterocycles. The first kappa shape index (κ1) is 16.3. The summed E-state index contributed by atoms with van der Waals surface area (Å²) in [5.41, 5.74) is 1.12. The number of aromatic nitrogens is 3. The van der Waals surface area contributed by atoms with Crippen LogP contribution in [0.25, 0.3) is 11.1 Å². The second-order valence-corrected chi connectivity index (χ2v) is 6.18. The van der Waals surface area contributed by atoms with Gasteiger partial charge in [-0.05, 0) is 18.2 Å². The zero-order valence-electron chi connectivity index (χ0n) is 14.1. The summed E-state index contributed by atoms with van der Waals surface area (Å²) in [6, 6.07) is 10.6. The third-order valence-corrected chi connectivity index (χ3v) is 4.50. The molecule has 8 nitrogen and oxygen atoms in total. The highest BCUT2D eigenvalue weighted by Gasteiger charge is 2.25. The van der Waals surface area contributed by atoms with Crippen molar-refractivity contribution in [2.75, 3.05) is 13.1 Å². The molecule has 1 aromatic carbocycles. The van der Waals surface area contributed by atoms with Gasteiger partial charge in [-0.25, -0.2) is 4.79 Å². The molecule has 0 unspecified atom stereocenters. The van der Waals surface area contributed by atoms with Crippen LogP contribution in [0.5, 0.6) is 5.88 Å². The van der Waals surface area contributed by atoms with Gasteiger partial charge in [0, 0.05) is 38.2 Å². The maximum Gasteiger partial charge on any atom is 0.420 e. The molecular weight excluding hydrogens is 336 g/mol. The van der Waals surface area contributed by atoms with Crippen LogP contribution >= 0.6 is 0 Å². The number of rotatable bonds is 4. The van der Waals surface area contributed by atoms with E-state index in [1.165, 1.54) is 4.57 Å². The van der Waals surface area contributed by atoms with Gasteiger partial charge >= 0.3 is 5.76 Å². The first-order chi connectivity index (χ1) is 12.7. The van der Waals surface area contributed by atoms with Gasteiger partial charge in [-0.1, -0.05) is 12.1 Å². The van der Waals surface area contributed by atoms with Gasteiger partial charge in [-0.2, -0.15) is 5.10 Å². The summed E-state index contributed by atoms with van der Waals surface area (Å²) in [6.07, 6.45) is 3.02. The molecule has 4 rings (SSSR count). The van der Waals surface area contributed by atoms with Gasteiger partial charge < -0.3 is 14.1 Å². The topological polar surface area (TPSA) is 90.5 Å². The van der Waals surface area contributed by atoms with Crippen LogP contribution in [-0.2, 0) is 11.3 Å². The quantitative estimate of drug-likeness (QED) is 0.704. The summed E-state index contributed by atoms with van der Waals surface area (Å²) in [4.78, 5) is 26.3. The predicted octanol–water partition coefficient (Wildman–Crippen LogP) is 1.45. The predicted molar refractivity (Wildman–Crippen MR) is 92.7 cm³/mol. The normalized spacial score (nSPS) is 15.3. The Morgan fingerprint density at radius 1 is 1.19 bits per heavy atom. The van der Waals surface area contributed by atoms with E-state index in [1.54, 1.807) is 41.4 Å². The molecule has 0 aliphatic carbocycles. The van der Waals surface area contributed by atoms with Crippen LogP contribution in [0.15, 0.2) is 51.8 Å². The largest absolute Gasteiger partial charge is 0.473 e. The van der Waals surface area contributed by atoms with Crippen molar-refractivity contribution in [3.05, 3.63) is 53.1 Å². The number of hydrogen-bond acceptors (Lipinski definition) is 6. The SMILES string of the molecule is O=C(Cn1c(=O)oc2ccccc21)N1CCC(Oc2cccnn2)CC1. The van der Waals surface area contributed by atoms with E-state index in [0.717, 1.165) is 0 Å². The maximum atomic E-state index is 12.6. The summed E-state index contributed by atoms with van der Waals surface area (Å²) >= 11 is 0. The lowest BCUT2D eigenvalue weighted by atomic mass is 10.1. The van der Waals surface area contributed by atoms with E-state index < -0.39 is 5.76 Å². The molecule has 0 bridgehead atoms. The van der Waals surface area contributed by atoms with Gasteiger partial charge in [-0.3, -0.25) is 9.36 Å². The number of piperidine rings is 1. The molecule has 0 atom stereocenters. The zero-order valence-corrected chi connectivity index (χ0v) is 14.1. The van der Waals surface area contributed by atoms with Crippen LogP contribution in [0.3, 0.4) is 0 Å². The Hall–Kier alpha value is -3.16. The Labute approximate surface area is 149 Å². The third-order valence-electron chi connectivity index (χ3n) is 4.50. The molecule has 1 aliphatic rings. The Bertz CT molecular complexity index is 958. The number of oxazole rings is 1. The summed E-state index contributed by atoms with van der Waals surface area (Å²) in [5.74, 6) is -0.120. The fourth-order valence-corrected chi connectivity index (χ4v) is 3.14. The van der Waals surface area contributed by atoms with Crippen molar-refractivity contribution in [1.29, 1.82) is 0 Å². The van der Waals surface area contributed by atoms with Crippen LogP contribution in [-0.4, -0.2) is 44.8 Å². The monoisotopic (exact) mass is 354 g/mol. The van der Waals surface area contributed by atoms with Gasteiger partial charge in [0.15, 0.2) is 5.58 Å². The van der Waals surface area contributed by atoms with Crippen LogP contribution in [0.4, 0.5) is 0 Å². The molecule has 134 valence electrons. The van der Waals surface area contributed by atoms with Crippen molar-refractivity contribution >= 4 is 17.0 Å². The molecule has 0 radical (unpaired) electrons. The summed E-state index contributed by atoms with van der Waals surface area (Å²) in [7, 11) is 0. The number of hydrogen-bond donors (Lipinski definition) is 0. The highest BCUT2D eigenvalue weighted by molar-refractivity contribution is 5.79. The summed E-state index contributed by atoms with van der Waals surface area (Å²) in [6.45, 7) is 1.13. The summed E-state index contributed by atoms with van der Waals surface area (Å²) < 4.78 is 12.3. The van der Waals surface area contributed by atoms with E-state index in [9.17, 15) is 9.59 Å². The number of amides is 1. The van der Waals surface area contributed by atoms with Gasteiger partial charge in [0.25, 0.3) is 0 Å². The summed E-state index contributed by atoms with van der Waals surface area (Å²) in [5, 5.41) is 7.70. The van der Waals surface area contributed by atoms with Crippen LogP contribution in [0.1, 0.15) is 12.8 Å². The van der Waals surface area contributed by atoms with Crippen molar-refractivity contribution < 1.29 is 13.9 Å². The lowest BCUT2D eigenvalue weighted by Gasteiger charge is -2.31. The highest BCUT2D eigenvalue weighted by atomic mass is 16.5. The molecule has 1 amide bonds. The van der Waals surface area contributed by atoms with E-state index in [4.69, 9.17) is 9.15 Å². The van der Waals surface area contributed by atoms with Crippen molar-refractivity contribution in [3.63, 3.8) is 0 Å². The Balaban J connectivity index is 1.38. The zero-order chi connectivity index (χ0) is 17.9. The van der Waals surface area contributed by atoms with Gasteiger partial charge in [0.2, 0.25) is 11.8 Å². The number of para-hydroxylation sites is 2. The van der Waals surface area contributed by atoms with Crippen LogP contribution < -0.4 is 10.5 Å². The van der Waals surface area contributed by atoms with Gasteiger partial charge in [0.05, 0.1) is 5.52 Å². The Morgan fingerprint density at radius 3 is 2.77 bits per heavy atom. The van der Waals surface area contributed by atoms with E-state index in [0.29, 0.717) is 42.9 Å². The van der Waals surface area contributed by atoms with E-state index in [2.05, 4.69) is 10.2 Å².